The lowest BCUT2D eigenvalue weighted by Crippen LogP contribution is -2.34. The molecular weight excluding hydrogens is 420 g/mol. The number of epoxide rings is 2. The Bertz CT molecular complexity index is 1010. The molecule has 176 valence electrons. The minimum absolute atomic E-state index is 0.142. The van der Waals surface area contributed by atoms with E-state index >= 15 is 0 Å². The second-order valence-corrected chi connectivity index (χ2v) is 9.58. The van der Waals surface area contributed by atoms with Gasteiger partial charge in [-0.05, 0) is 67.1 Å². The number of hydrogen-bond donors (Lipinski definition) is 1. The van der Waals surface area contributed by atoms with E-state index in [0.717, 1.165) is 72.6 Å². The number of ether oxygens (including phenoxy) is 4. The highest BCUT2D eigenvalue weighted by atomic mass is 16.6. The van der Waals surface area contributed by atoms with Crippen LogP contribution in [-0.2, 0) is 14.9 Å². The molecule has 6 nitrogen and oxygen atoms in total. The first-order chi connectivity index (χ1) is 16.0. The van der Waals surface area contributed by atoms with Crippen LogP contribution in [0.15, 0.2) is 30.3 Å². The van der Waals surface area contributed by atoms with Crippen molar-refractivity contribution in [1.82, 2.24) is 0 Å². The Morgan fingerprint density at radius 3 is 2.18 bits per heavy atom. The lowest BCUT2D eigenvalue weighted by Gasteiger charge is -2.41. The fourth-order valence-electron chi connectivity index (χ4n) is 5.38. The number of aryl methyl sites for hydroxylation is 1. The number of rotatable bonds is 9. The van der Waals surface area contributed by atoms with E-state index in [2.05, 4.69) is 12.1 Å². The van der Waals surface area contributed by atoms with Gasteiger partial charge in [-0.15, -0.1) is 0 Å². The van der Waals surface area contributed by atoms with Crippen molar-refractivity contribution < 1.29 is 28.8 Å². The molecule has 2 aromatic rings. The van der Waals surface area contributed by atoms with Crippen LogP contribution in [0, 0.1) is 13.8 Å². The van der Waals surface area contributed by atoms with Gasteiger partial charge in [-0.3, -0.25) is 0 Å². The summed E-state index contributed by atoms with van der Waals surface area (Å²) in [5, 5.41) is 10.2. The van der Waals surface area contributed by atoms with Crippen LogP contribution >= 0.6 is 0 Å². The second-order valence-electron chi connectivity index (χ2n) is 9.58. The molecule has 3 fully saturated rings. The molecule has 0 aromatic heterocycles. The van der Waals surface area contributed by atoms with Crippen molar-refractivity contribution in [3.05, 3.63) is 58.1 Å². The lowest BCUT2D eigenvalue weighted by atomic mass is 9.63. The topological polar surface area (TPSA) is 80.8 Å². The fraction of sp³-hybridized carbons (Fsp3) is 0.519. The standard InChI is InChI=1S/C27H32O6/c1-17-12-23(26(28)29)24(18(2)25(17)33-16-22-15-32-22)27(10-4-3-5-11-27)19-6-8-20(9-7-19)30-13-21-14-31-21/h6-9,12,21-22H,3-5,10-11,13-16H2,1-2H3,(H,28,29). The molecule has 2 aliphatic heterocycles. The van der Waals surface area contributed by atoms with Crippen molar-refractivity contribution in [1.29, 1.82) is 0 Å². The summed E-state index contributed by atoms with van der Waals surface area (Å²) in [6.45, 7) is 6.50. The summed E-state index contributed by atoms with van der Waals surface area (Å²) in [5.74, 6) is 0.718. The van der Waals surface area contributed by atoms with Gasteiger partial charge in [0.05, 0.1) is 18.8 Å². The minimum Gasteiger partial charge on any atom is -0.491 e. The first kappa shape index (κ1) is 22.2. The molecule has 0 spiro atoms. The number of hydrogen-bond acceptors (Lipinski definition) is 5. The Morgan fingerprint density at radius 2 is 1.61 bits per heavy atom. The maximum Gasteiger partial charge on any atom is 0.336 e. The quantitative estimate of drug-likeness (QED) is 0.550. The summed E-state index contributed by atoms with van der Waals surface area (Å²) in [4.78, 5) is 12.4. The third-order valence-electron chi connectivity index (χ3n) is 7.18. The Labute approximate surface area is 194 Å². The average molecular weight is 453 g/mol. The molecule has 6 heteroatoms. The van der Waals surface area contributed by atoms with Crippen LogP contribution in [0.25, 0.3) is 0 Å². The fourth-order valence-corrected chi connectivity index (χ4v) is 5.38. The van der Waals surface area contributed by atoms with Gasteiger partial charge in [0.1, 0.15) is 36.9 Å². The molecule has 2 heterocycles. The average Bonchev–Trinajstić information content (AvgIpc) is 3.73. The van der Waals surface area contributed by atoms with Gasteiger partial charge in [0.25, 0.3) is 0 Å². The molecule has 2 saturated heterocycles. The highest BCUT2D eigenvalue weighted by molar-refractivity contribution is 5.91. The van der Waals surface area contributed by atoms with E-state index in [9.17, 15) is 9.90 Å². The summed E-state index contributed by atoms with van der Waals surface area (Å²) in [7, 11) is 0. The molecular formula is C27H32O6. The van der Waals surface area contributed by atoms with E-state index in [4.69, 9.17) is 18.9 Å². The van der Waals surface area contributed by atoms with E-state index in [1.54, 1.807) is 6.07 Å². The van der Waals surface area contributed by atoms with Crippen LogP contribution in [-0.4, -0.2) is 49.7 Å². The summed E-state index contributed by atoms with van der Waals surface area (Å²) in [6.07, 6.45) is 5.48. The molecule has 3 aliphatic rings. The molecule has 0 amide bonds. The maximum atomic E-state index is 12.4. The third-order valence-corrected chi connectivity index (χ3v) is 7.18. The number of benzene rings is 2. The molecule has 33 heavy (non-hydrogen) atoms. The molecule has 2 unspecified atom stereocenters. The van der Waals surface area contributed by atoms with Crippen molar-refractivity contribution in [2.24, 2.45) is 0 Å². The summed E-state index contributed by atoms with van der Waals surface area (Å²) in [6, 6.07) is 10.0. The number of carbonyl (C=O) groups is 1. The zero-order chi connectivity index (χ0) is 23.0. The van der Waals surface area contributed by atoms with Crippen molar-refractivity contribution in [3.8, 4) is 11.5 Å². The highest BCUT2D eigenvalue weighted by Crippen LogP contribution is 2.49. The largest absolute Gasteiger partial charge is 0.491 e. The normalized spacial score (nSPS) is 23.1. The van der Waals surface area contributed by atoms with E-state index in [1.807, 2.05) is 26.0 Å². The van der Waals surface area contributed by atoms with Crippen LogP contribution in [0.2, 0.25) is 0 Å². The van der Waals surface area contributed by atoms with E-state index < -0.39 is 5.97 Å². The van der Waals surface area contributed by atoms with Crippen LogP contribution in [0.4, 0.5) is 0 Å². The van der Waals surface area contributed by atoms with Gasteiger partial charge in [0, 0.05) is 5.41 Å². The van der Waals surface area contributed by atoms with Gasteiger partial charge in [-0.2, -0.15) is 0 Å². The van der Waals surface area contributed by atoms with Gasteiger partial charge >= 0.3 is 5.97 Å². The Morgan fingerprint density at radius 1 is 1.00 bits per heavy atom. The smallest absolute Gasteiger partial charge is 0.336 e. The predicted octanol–water partition coefficient (Wildman–Crippen LogP) is 4.81. The van der Waals surface area contributed by atoms with E-state index in [-0.39, 0.29) is 17.6 Å². The third kappa shape index (κ3) is 4.59. The van der Waals surface area contributed by atoms with Crippen molar-refractivity contribution in [2.75, 3.05) is 26.4 Å². The number of carboxylic acid groups (broad SMARTS) is 1. The Balaban J connectivity index is 1.57. The molecule has 0 bridgehead atoms. The van der Waals surface area contributed by atoms with Gasteiger partial charge in [0.2, 0.25) is 0 Å². The van der Waals surface area contributed by atoms with Crippen LogP contribution in [0.3, 0.4) is 0 Å². The van der Waals surface area contributed by atoms with Crippen molar-refractivity contribution >= 4 is 5.97 Å². The van der Waals surface area contributed by atoms with Gasteiger partial charge < -0.3 is 24.1 Å². The minimum atomic E-state index is -0.886. The Kier molecular flexibility index (Phi) is 6.06. The second kappa shape index (κ2) is 8.99. The van der Waals surface area contributed by atoms with Crippen LogP contribution in [0.1, 0.15) is 64.7 Å². The van der Waals surface area contributed by atoms with Gasteiger partial charge in [0.15, 0.2) is 0 Å². The zero-order valence-electron chi connectivity index (χ0n) is 19.4. The van der Waals surface area contributed by atoms with Crippen molar-refractivity contribution in [3.63, 3.8) is 0 Å². The molecule has 0 radical (unpaired) electrons. The predicted molar refractivity (Wildman–Crippen MR) is 124 cm³/mol. The summed E-state index contributed by atoms with van der Waals surface area (Å²) < 4.78 is 22.6. The number of carboxylic acids is 1. The first-order valence-electron chi connectivity index (χ1n) is 12.0. The Hall–Kier alpha value is -2.57. The van der Waals surface area contributed by atoms with E-state index in [0.29, 0.717) is 18.8 Å². The highest BCUT2D eigenvalue weighted by Gasteiger charge is 2.41. The van der Waals surface area contributed by atoms with Crippen LogP contribution < -0.4 is 9.47 Å². The van der Waals surface area contributed by atoms with Gasteiger partial charge in [-0.1, -0.05) is 31.4 Å². The molecule has 1 aliphatic carbocycles. The summed E-state index contributed by atoms with van der Waals surface area (Å²) >= 11 is 0. The number of aromatic carboxylic acids is 1. The molecule has 2 aromatic carbocycles. The molecule has 1 N–H and O–H groups in total. The zero-order valence-corrected chi connectivity index (χ0v) is 19.4. The SMILES string of the molecule is Cc1cc(C(=O)O)c(C2(c3ccc(OCC4CO4)cc3)CCCCC2)c(C)c1OCC1CO1. The molecule has 5 rings (SSSR count). The molecule has 1 saturated carbocycles. The maximum absolute atomic E-state index is 12.4. The van der Waals surface area contributed by atoms with Crippen molar-refractivity contribution in [2.45, 2.75) is 63.6 Å². The molecule has 2 atom stereocenters. The van der Waals surface area contributed by atoms with Gasteiger partial charge in [-0.25, -0.2) is 4.79 Å². The van der Waals surface area contributed by atoms with Crippen LogP contribution in [0.5, 0.6) is 11.5 Å². The lowest BCUT2D eigenvalue weighted by molar-refractivity contribution is 0.0693. The first-order valence-corrected chi connectivity index (χ1v) is 12.0. The monoisotopic (exact) mass is 452 g/mol. The van der Waals surface area contributed by atoms with E-state index in [1.165, 1.54) is 6.42 Å². The summed E-state index contributed by atoms with van der Waals surface area (Å²) in [5.41, 5.74) is 3.84.